The van der Waals surface area contributed by atoms with E-state index >= 15 is 0 Å². The lowest BCUT2D eigenvalue weighted by molar-refractivity contribution is 0.395. The first-order chi connectivity index (χ1) is 6.76. The fraction of sp³-hybridized carbons (Fsp3) is 0.300. The van der Waals surface area contributed by atoms with Gasteiger partial charge in [-0.05, 0) is 6.92 Å². The molecule has 0 aliphatic rings. The smallest absolute Gasteiger partial charge is 0.174 e. The van der Waals surface area contributed by atoms with Crippen molar-refractivity contribution in [2.75, 3.05) is 14.2 Å². The quantitative estimate of drug-likeness (QED) is 0.733. The van der Waals surface area contributed by atoms with Crippen LogP contribution in [0.3, 0.4) is 0 Å². The van der Waals surface area contributed by atoms with Crippen LogP contribution < -0.4 is 9.47 Å². The van der Waals surface area contributed by atoms with Crippen LogP contribution in [0.1, 0.15) is 5.69 Å². The van der Waals surface area contributed by atoms with Crippen LogP contribution in [0.2, 0.25) is 0 Å². The predicted molar refractivity (Wildman–Crippen MR) is 51.9 cm³/mol. The normalized spacial score (nSPS) is 10.5. The van der Waals surface area contributed by atoms with Crippen molar-refractivity contribution in [1.82, 2.24) is 5.16 Å². The Bertz CT molecular complexity index is 462. The fourth-order valence-corrected chi connectivity index (χ4v) is 1.44. The van der Waals surface area contributed by atoms with Gasteiger partial charge >= 0.3 is 0 Å². The van der Waals surface area contributed by atoms with E-state index in [1.165, 1.54) is 0 Å². The molecule has 2 rings (SSSR count). The maximum atomic E-state index is 5.23. The minimum atomic E-state index is 0.679. The monoisotopic (exact) mass is 193 g/mol. The van der Waals surface area contributed by atoms with E-state index in [2.05, 4.69) is 5.16 Å². The van der Waals surface area contributed by atoms with Crippen LogP contribution in [0.25, 0.3) is 11.0 Å². The molecule has 1 heterocycles. The standard InChI is InChI=1S/C10H11NO3/c1-6-10-8(13-3)4-7(12-2)5-9(10)14-11-6/h4-5H,1-3H3. The van der Waals surface area contributed by atoms with Crippen molar-refractivity contribution in [3.05, 3.63) is 17.8 Å². The first-order valence-corrected chi connectivity index (χ1v) is 4.24. The average Bonchev–Trinajstić information content (AvgIpc) is 2.59. The second kappa shape index (κ2) is 3.21. The molecule has 0 bridgehead atoms. The molecule has 4 heteroatoms. The van der Waals surface area contributed by atoms with Crippen molar-refractivity contribution in [3.63, 3.8) is 0 Å². The number of fused-ring (bicyclic) bond motifs is 1. The first-order valence-electron chi connectivity index (χ1n) is 4.24. The molecule has 0 saturated heterocycles. The minimum Gasteiger partial charge on any atom is -0.496 e. The van der Waals surface area contributed by atoms with Crippen LogP contribution in [0.15, 0.2) is 16.7 Å². The molecular formula is C10H11NO3. The highest BCUT2D eigenvalue weighted by molar-refractivity contribution is 5.87. The number of rotatable bonds is 2. The molecule has 1 aromatic carbocycles. The third kappa shape index (κ3) is 1.19. The van der Waals surface area contributed by atoms with Crippen LogP contribution in [0.5, 0.6) is 11.5 Å². The number of aromatic nitrogens is 1. The van der Waals surface area contributed by atoms with Crippen molar-refractivity contribution in [1.29, 1.82) is 0 Å². The summed E-state index contributed by atoms with van der Waals surface area (Å²) in [4.78, 5) is 0. The third-order valence-corrected chi connectivity index (χ3v) is 2.14. The molecule has 0 aliphatic carbocycles. The zero-order valence-corrected chi connectivity index (χ0v) is 8.33. The largest absolute Gasteiger partial charge is 0.496 e. The van der Waals surface area contributed by atoms with Crippen molar-refractivity contribution in [2.45, 2.75) is 6.92 Å². The van der Waals surface area contributed by atoms with Gasteiger partial charge in [0.25, 0.3) is 0 Å². The van der Waals surface area contributed by atoms with E-state index in [4.69, 9.17) is 14.0 Å². The molecule has 0 saturated carbocycles. The molecule has 0 radical (unpaired) electrons. The highest BCUT2D eigenvalue weighted by Crippen LogP contribution is 2.32. The Labute approximate surface area is 81.4 Å². The van der Waals surface area contributed by atoms with E-state index in [9.17, 15) is 0 Å². The van der Waals surface area contributed by atoms with Crippen LogP contribution in [-0.4, -0.2) is 19.4 Å². The molecule has 74 valence electrons. The molecule has 0 spiro atoms. The Morgan fingerprint density at radius 3 is 2.64 bits per heavy atom. The molecule has 0 fully saturated rings. The number of methoxy groups -OCH3 is 2. The van der Waals surface area contributed by atoms with E-state index in [0.717, 1.165) is 16.8 Å². The average molecular weight is 193 g/mol. The molecule has 0 amide bonds. The van der Waals surface area contributed by atoms with Gasteiger partial charge in [0.1, 0.15) is 11.5 Å². The fourth-order valence-electron chi connectivity index (χ4n) is 1.44. The van der Waals surface area contributed by atoms with Gasteiger partial charge in [0.2, 0.25) is 0 Å². The van der Waals surface area contributed by atoms with Gasteiger partial charge in [0.05, 0.1) is 25.3 Å². The topological polar surface area (TPSA) is 44.5 Å². The SMILES string of the molecule is COc1cc(OC)c2c(C)noc2c1. The van der Waals surface area contributed by atoms with Gasteiger partial charge in [0, 0.05) is 12.1 Å². The zero-order chi connectivity index (χ0) is 10.1. The van der Waals surface area contributed by atoms with E-state index < -0.39 is 0 Å². The Hall–Kier alpha value is -1.71. The first kappa shape index (κ1) is 8.87. The van der Waals surface area contributed by atoms with Crippen LogP contribution in [0, 0.1) is 6.92 Å². The van der Waals surface area contributed by atoms with Crippen molar-refractivity contribution in [3.8, 4) is 11.5 Å². The number of ether oxygens (including phenoxy) is 2. The number of nitrogens with zero attached hydrogens (tertiary/aromatic N) is 1. The Balaban J connectivity index is 2.76. The van der Waals surface area contributed by atoms with Crippen LogP contribution in [0.4, 0.5) is 0 Å². The van der Waals surface area contributed by atoms with Gasteiger partial charge in [-0.1, -0.05) is 5.16 Å². The molecule has 14 heavy (non-hydrogen) atoms. The lowest BCUT2D eigenvalue weighted by Crippen LogP contribution is -1.88. The number of hydrogen-bond donors (Lipinski definition) is 0. The molecule has 0 unspecified atom stereocenters. The summed E-state index contributed by atoms with van der Waals surface area (Å²) >= 11 is 0. The molecule has 0 N–H and O–H groups in total. The molecule has 4 nitrogen and oxygen atoms in total. The molecule has 2 aromatic rings. The summed E-state index contributed by atoms with van der Waals surface area (Å²) < 4.78 is 15.5. The predicted octanol–water partition coefficient (Wildman–Crippen LogP) is 2.15. The van der Waals surface area contributed by atoms with E-state index in [1.54, 1.807) is 20.3 Å². The Kier molecular flexibility index (Phi) is 2.04. The van der Waals surface area contributed by atoms with Gasteiger partial charge in [-0.2, -0.15) is 0 Å². The third-order valence-electron chi connectivity index (χ3n) is 2.14. The lowest BCUT2D eigenvalue weighted by atomic mass is 10.2. The summed E-state index contributed by atoms with van der Waals surface area (Å²) in [6.45, 7) is 1.88. The van der Waals surface area contributed by atoms with Gasteiger partial charge in [-0.3, -0.25) is 0 Å². The van der Waals surface area contributed by atoms with Gasteiger partial charge in [-0.25, -0.2) is 0 Å². The lowest BCUT2D eigenvalue weighted by Gasteiger charge is -2.04. The molecular weight excluding hydrogens is 182 g/mol. The van der Waals surface area contributed by atoms with Gasteiger partial charge in [0.15, 0.2) is 5.58 Å². The molecule has 0 aliphatic heterocycles. The number of benzene rings is 1. The van der Waals surface area contributed by atoms with Crippen LogP contribution >= 0.6 is 0 Å². The highest BCUT2D eigenvalue weighted by atomic mass is 16.5. The highest BCUT2D eigenvalue weighted by Gasteiger charge is 2.12. The Morgan fingerprint density at radius 1 is 1.21 bits per heavy atom. The number of aryl methyl sites for hydroxylation is 1. The van der Waals surface area contributed by atoms with Crippen molar-refractivity contribution in [2.24, 2.45) is 0 Å². The second-order valence-electron chi connectivity index (χ2n) is 2.97. The molecule has 1 aromatic heterocycles. The summed E-state index contributed by atoms with van der Waals surface area (Å²) in [5, 5.41) is 4.77. The summed E-state index contributed by atoms with van der Waals surface area (Å²) in [6, 6.07) is 3.60. The van der Waals surface area contributed by atoms with Crippen LogP contribution in [-0.2, 0) is 0 Å². The van der Waals surface area contributed by atoms with E-state index in [0.29, 0.717) is 11.3 Å². The second-order valence-corrected chi connectivity index (χ2v) is 2.97. The maximum Gasteiger partial charge on any atom is 0.174 e. The summed E-state index contributed by atoms with van der Waals surface area (Å²) in [5.41, 5.74) is 1.50. The summed E-state index contributed by atoms with van der Waals surface area (Å²) in [7, 11) is 3.21. The summed E-state index contributed by atoms with van der Waals surface area (Å²) in [5.74, 6) is 1.42. The molecule has 0 atom stereocenters. The maximum absolute atomic E-state index is 5.23. The zero-order valence-electron chi connectivity index (χ0n) is 8.33. The van der Waals surface area contributed by atoms with Gasteiger partial charge in [-0.15, -0.1) is 0 Å². The van der Waals surface area contributed by atoms with Crippen molar-refractivity contribution >= 4 is 11.0 Å². The van der Waals surface area contributed by atoms with E-state index in [1.807, 2.05) is 13.0 Å². The Morgan fingerprint density at radius 2 is 2.00 bits per heavy atom. The van der Waals surface area contributed by atoms with Gasteiger partial charge < -0.3 is 14.0 Å². The minimum absolute atomic E-state index is 0.679. The van der Waals surface area contributed by atoms with Crippen molar-refractivity contribution < 1.29 is 14.0 Å². The summed E-state index contributed by atoms with van der Waals surface area (Å²) in [6.07, 6.45) is 0. The van der Waals surface area contributed by atoms with E-state index in [-0.39, 0.29) is 0 Å². The number of hydrogen-bond acceptors (Lipinski definition) is 4.